The summed E-state index contributed by atoms with van der Waals surface area (Å²) in [4.78, 5) is 11.2. The Labute approximate surface area is 112 Å². The fourth-order valence-corrected chi connectivity index (χ4v) is 2.38. The molecule has 1 aromatic carbocycles. The fraction of sp³-hybridized carbons (Fsp3) is 0.400. The SMILES string of the molecule is COc1cc(C)cc2c(C)c(C(C)NC(C)=O)oc12. The summed E-state index contributed by atoms with van der Waals surface area (Å²) in [5.41, 5.74) is 2.89. The van der Waals surface area contributed by atoms with Crippen LogP contribution in [0.1, 0.15) is 36.8 Å². The summed E-state index contributed by atoms with van der Waals surface area (Å²) in [6.07, 6.45) is 0. The number of aryl methyl sites for hydroxylation is 2. The van der Waals surface area contributed by atoms with Gasteiger partial charge in [0.1, 0.15) is 5.76 Å². The third kappa shape index (κ3) is 2.43. The molecule has 0 radical (unpaired) electrons. The molecular formula is C15H19NO3. The van der Waals surface area contributed by atoms with Gasteiger partial charge < -0.3 is 14.5 Å². The van der Waals surface area contributed by atoms with Gasteiger partial charge in [-0.3, -0.25) is 4.79 Å². The molecule has 1 unspecified atom stereocenters. The number of fused-ring (bicyclic) bond motifs is 1. The maximum atomic E-state index is 11.2. The van der Waals surface area contributed by atoms with E-state index in [2.05, 4.69) is 11.4 Å². The van der Waals surface area contributed by atoms with Crippen LogP contribution < -0.4 is 10.1 Å². The van der Waals surface area contributed by atoms with Crippen LogP contribution in [0.2, 0.25) is 0 Å². The molecule has 2 rings (SSSR count). The van der Waals surface area contributed by atoms with E-state index in [1.165, 1.54) is 6.92 Å². The largest absolute Gasteiger partial charge is 0.493 e. The van der Waals surface area contributed by atoms with Crippen molar-refractivity contribution in [2.75, 3.05) is 7.11 Å². The van der Waals surface area contributed by atoms with E-state index < -0.39 is 0 Å². The summed E-state index contributed by atoms with van der Waals surface area (Å²) in [5.74, 6) is 1.42. The highest BCUT2D eigenvalue weighted by Gasteiger charge is 2.19. The molecule has 19 heavy (non-hydrogen) atoms. The Hall–Kier alpha value is -1.97. The lowest BCUT2D eigenvalue weighted by Crippen LogP contribution is -2.23. The maximum absolute atomic E-state index is 11.2. The van der Waals surface area contributed by atoms with Crippen LogP contribution in [0.3, 0.4) is 0 Å². The molecule has 1 amide bonds. The van der Waals surface area contributed by atoms with Gasteiger partial charge in [0.25, 0.3) is 0 Å². The molecule has 0 saturated carbocycles. The highest BCUT2D eigenvalue weighted by atomic mass is 16.5. The van der Waals surface area contributed by atoms with Crippen molar-refractivity contribution in [1.29, 1.82) is 0 Å². The van der Waals surface area contributed by atoms with Gasteiger partial charge >= 0.3 is 0 Å². The average molecular weight is 261 g/mol. The predicted octanol–water partition coefficient (Wildman–Crippen LogP) is 3.26. The molecule has 1 heterocycles. The van der Waals surface area contributed by atoms with E-state index in [1.807, 2.05) is 26.8 Å². The quantitative estimate of drug-likeness (QED) is 0.922. The zero-order valence-corrected chi connectivity index (χ0v) is 12.0. The van der Waals surface area contributed by atoms with Crippen LogP contribution in [0.15, 0.2) is 16.5 Å². The van der Waals surface area contributed by atoms with Crippen LogP contribution in [0.4, 0.5) is 0 Å². The average Bonchev–Trinajstić information content (AvgIpc) is 2.65. The van der Waals surface area contributed by atoms with Gasteiger partial charge in [0.05, 0.1) is 13.2 Å². The Balaban J connectivity index is 2.59. The normalized spacial score (nSPS) is 12.5. The second-order valence-corrected chi connectivity index (χ2v) is 4.86. The smallest absolute Gasteiger partial charge is 0.217 e. The van der Waals surface area contributed by atoms with E-state index in [1.54, 1.807) is 7.11 Å². The third-order valence-corrected chi connectivity index (χ3v) is 3.22. The van der Waals surface area contributed by atoms with E-state index in [0.717, 1.165) is 33.6 Å². The lowest BCUT2D eigenvalue weighted by atomic mass is 10.1. The van der Waals surface area contributed by atoms with Crippen molar-refractivity contribution >= 4 is 16.9 Å². The molecule has 1 atom stereocenters. The molecule has 0 bridgehead atoms. The molecule has 0 aliphatic carbocycles. The molecule has 0 fully saturated rings. The van der Waals surface area contributed by atoms with Crippen LogP contribution in [0.5, 0.6) is 5.75 Å². The van der Waals surface area contributed by atoms with Gasteiger partial charge in [0, 0.05) is 17.9 Å². The van der Waals surface area contributed by atoms with Crippen molar-refractivity contribution in [3.05, 3.63) is 29.0 Å². The summed E-state index contributed by atoms with van der Waals surface area (Å²) in [6.45, 7) is 7.42. The molecule has 0 aliphatic heterocycles. The Kier molecular flexibility index (Phi) is 3.51. The lowest BCUT2D eigenvalue weighted by Gasteiger charge is -2.10. The number of carbonyl (C=O) groups excluding carboxylic acids is 1. The summed E-state index contributed by atoms with van der Waals surface area (Å²) in [6, 6.07) is 3.86. The molecule has 0 saturated heterocycles. The number of nitrogens with one attached hydrogen (secondary N) is 1. The predicted molar refractivity (Wildman–Crippen MR) is 74.5 cm³/mol. The van der Waals surface area contributed by atoms with Crippen molar-refractivity contribution in [3.8, 4) is 5.75 Å². The van der Waals surface area contributed by atoms with Crippen molar-refractivity contribution in [1.82, 2.24) is 5.32 Å². The number of furan rings is 1. The number of rotatable bonds is 3. The lowest BCUT2D eigenvalue weighted by molar-refractivity contribution is -0.119. The zero-order chi connectivity index (χ0) is 14.2. The van der Waals surface area contributed by atoms with Gasteiger partial charge in [0.15, 0.2) is 11.3 Å². The molecule has 2 aromatic rings. The van der Waals surface area contributed by atoms with Gasteiger partial charge in [-0.2, -0.15) is 0 Å². The number of benzene rings is 1. The van der Waals surface area contributed by atoms with Crippen LogP contribution in [-0.4, -0.2) is 13.0 Å². The van der Waals surface area contributed by atoms with Gasteiger partial charge in [-0.15, -0.1) is 0 Å². The van der Waals surface area contributed by atoms with E-state index in [0.29, 0.717) is 0 Å². The minimum atomic E-state index is -0.157. The van der Waals surface area contributed by atoms with Gasteiger partial charge in [-0.25, -0.2) is 0 Å². The number of hydrogen-bond donors (Lipinski definition) is 1. The monoisotopic (exact) mass is 261 g/mol. The highest BCUT2D eigenvalue weighted by molar-refractivity contribution is 5.88. The van der Waals surface area contributed by atoms with Crippen molar-refractivity contribution in [2.45, 2.75) is 33.7 Å². The second kappa shape index (κ2) is 4.96. The first-order valence-electron chi connectivity index (χ1n) is 6.28. The molecule has 4 heteroatoms. The minimum Gasteiger partial charge on any atom is -0.493 e. The Morgan fingerprint density at radius 3 is 2.63 bits per heavy atom. The molecule has 0 aliphatic rings. The number of carbonyl (C=O) groups is 1. The minimum absolute atomic E-state index is 0.0736. The van der Waals surface area contributed by atoms with E-state index in [9.17, 15) is 4.79 Å². The molecule has 4 nitrogen and oxygen atoms in total. The Bertz CT molecular complexity index is 628. The standard InChI is InChI=1S/C15H19NO3/c1-8-6-12-9(2)14(10(3)16-11(4)17)19-15(12)13(7-8)18-5/h6-7,10H,1-5H3,(H,16,17). The summed E-state index contributed by atoms with van der Waals surface area (Å²) >= 11 is 0. The Morgan fingerprint density at radius 2 is 2.05 bits per heavy atom. The zero-order valence-electron chi connectivity index (χ0n) is 12.0. The van der Waals surface area contributed by atoms with Crippen LogP contribution >= 0.6 is 0 Å². The highest BCUT2D eigenvalue weighted by Crippen LogP contribution is 2.35. The van der Waals surface area contributed by atoms with E-state index in [-0.39, 0.29) is 11.9 Å². The van der Waals surface area contributed by atoms with Crippen molar-refractivity contribution < 1.29 is 13.9 Å². The first kappa shape index (κ1) is 13.5. The number of methoxy groups -OCH3 is 1. The second-order valence-electron chi connectivity index (χ2n) is 4.86. The molecular weight excluding hydrogens is 242 g/mol. The summed E-state index contributed by atoms with van der Waals surface area (Å²) in [7, 11) is 1.63. The number of amides is 1. The first-order valence-corrected chi connectivity index (χ1v) is 6.28. The topological polar surface area (TPSA) is 51.5 Å². The molecule has 0 spiro atoms. The van der Waals surface area contributed by atoms with Crippen molar-refractivity contribution in [2.24, 2.45) is 0 Å². The third-order valence-electron chi connectivity index (χ3n) is 3.22. The first-order chi connectivity index (χ1) is 8.93. The molecule has 1 N–H and O–H groups in total. The number of ether oxygens (including phenoxy) is 1. The summed E-state index contributed by atoms with van der Waals surface area (Å²) < 4.78 is 11.3. The van der Waals surface area contributed by atoms with E-state index >= 15 is 0 Å². The Morgan fingerprint density at radius 1 is 1.37 bits per heavy atom. The maximum Gasteiger partial charge on any atom is 0.217 e. The van der Waals surface area contributed by atoms with Crippen LogP contribution in [-0.2, 0) is 4.79 Å². The van der Waals surface area contributed by atoms with Crippen molar-refractivity contribution in [3.63, 3.8) is 0 Å². The number of hydrogen-bond acceptors (Lipinski definition) is 3. The van der Waals surface area contributed by atoms with Crippen LogP contribution in [0.25, 0.3) is 11.0 Å². The van der Waals surface area contributed by atoms with Gasteiger partial charge in [-0.1, -0.05) is 0 Å². The fourth-order valence-electron chi connectivity index (χ4n) is 2.38. The van der Waals surface area contributed by atoms with Crippen LogP contribution in [0, 0.1) is 13.8 Å². The molecule has 1 aromatic heterocycles. The summed E-state index contributed by atoms with van der Waals surface area (Å²) in [5, 5.41) is 3.87. The van der Waals surface area contributed by atoms with Gasteiger partial charge in [0.2, 0.25) is 5.91 Å². The molecule has 102 valence electrons. The van der Waals surface area contributed by atoms with E-state index in [4.69, 9.17) is 9.15 Å². The van der Waals surface area contributed by atoms with Gasteiger partial charge in [-0.05, 0) is 38.5 Å².